The minimum absolute atomic E-state index is 0.0382. The number of hydrogen-bond acceptors (Lipinski definition) is 4. The topological polar surface area (TPSA) is 86.8 Å². The number of hydrogen-bond donors (Lipinski definition) is 1. The molecular weight excluding hydrogens is 430 g/mol. The van der Waals surface area contributed by atoms with E-state index in [1.165, 1.54) is 4.90 Å². The van der Waals surface area contributed by atoms with E-state index in [2.05, 4.69) is 5.32 Å². The van der Waals surface area contributed by atoms with E-state index in [0.29, 0.717) is 29.8 Å². The zero-order chi connectivity index (χ0) is 24.2. The van der Waals surface area contributed by atoms with Crippen LogP contribution in [0, 0.1) is 5.92 Å². The first-order valence-corrected chi connectivity index (χ1v) is 12.1. The summed E-state index contributed by atoms with van der Waals surface area (Å²) in [6.45, 7) is 5.59. The zero-order valence-electron chi connectivity index (χ0n) is 19.8. The zero-order valence-corrected chi connectivity index (χ0v) is 19.8. The predicted octanol–water partition coefficient (Wildman–Crippen LogP) is 3.64. The molecule has 178 valence electrons. The van der Waals surface area contributed by atoms with Crippen molar-refractivity contribution in [2.45, 2.75) is 52.1 Å². The molecular formula is C27H31N3O4. The van der Waals surface area contributed by atoms with Gasteiger partial charge in [-0.15, -0.1) is 0 Å². The highest BCUT2D eigenvalue weighted by molar-refractivity contribution is 6.21. The minimum atomic E-state index is -0.295. The summed E-state index contributed by atoms with van der Waals surface area (Å²) in [6, 6.07) is 13.8. The van der Waals surface area contributed by atoms with Gasteiger partial charge in [-0.1, -0.05) is 38.1 Å². The number of imide groups is 1. The molecule has 2 heterocycles. The van der Waals surface area contributed by atoms with Crippen LogP contribution in [0.15, 0.2) is 48.5 Å². The number of carbonyl (C=O) groups excluding carboxylic acids is 4. The van der Waals surface area contributed by atoms with E-state index in [1.807, 2.05) is 18.7 Å². The second-order valence-corrected chi connectivity index (χ2v) is 9.03. The molecule has 0 aliphatic carbocycles. The summed E-state index contributed by atoms with van der Waals surface area (Å²) in [5.74, 6) is -0.432. The lowest BCUT2D eigenvalue weighted by Gasteiger charge is -2.34. The normalized spacial score (nSPS) is 16.2. The maximum absolute atomic E-state index is 12.7. The van der Waals surface area contributed by atoms with Gasteiger partial charge in [0.05, 0.1) is 17.7 Å². The van der Waals surface area contributed by atoms with E-state index in [9.17, 15) is 19.2 Å². The molecule has 0 spiro atoms. The SMILES string of the molecule is CCC(CC)C(=O)N1CCC(NC(=O)c2ccc(CN3C(=O)c4ccccc4C3=O)cc2)CC1. The van der Waals surface area contributed by atoms with Gasteiger partial charge in [0.2, 0.25) is 5.91 Å². The van der Waals surface area contributed by atoms with Crippen molar-refractivity contribution in [2.24, 2.45) is 5.92 Å². The van der Waals surface area contributed by atoms with Gasteiger partial charge in [0.1, 0.15) is 0 Å². The van der Waals surface area contributed by atoms with E-state index in [-0.39, 0.29) is 42.1 Å². The number of piperidine rings is 1. The average Bonchev–Trinajstić information content (AvgIpc) is 3.10. The van der Waals surface area contributed by atoms with E-state index >= 15 is 0 Å². The Morgan fingerprint density at radius 3 is 2.00 bits per heavy atom. The van der Waals surface area contributed by atoms with Crippen LogP contribution in [0.3, 0.4) is 0 Å². The van der Waals surface area contributed by atoms with Crippen LogP contribution in [0.4, 0.5) is 0 Å². The molecule has 2 aromatic rings. The summed E-state index contributed by atoms with van der Waals surface area (Å²) in [4.78, 5) is 53.6. The number of rotatable bonds is 7. The van der Waals surface area contributed by atoms with Crippen LogP contribution in [-0.2, 0) is 11.3 Å². The summed E-state index contributed by atoms with van der Waals surface area (Å²) in [5, 5.41) is 3.07. The Bertz CT molecular complexity index is 1050. The molecule has 2 aliphatic rings. The Morgan fingerprint density at radius 2 is 1.47 bits per heavy atom. The van der Waals surface area contributed by atoms with E-state index in [1.54, 1.807) is 48.5 Å². The molecule has 4 amide bonds. The number of benzene rings is 2. The van der Waals surface area contributed by atoms with Crippen molar-refractivity contribution in [2.75, 3.05) is 13.1 Å². The van der Waals surface area contributed by atoms with Gasteiger partial charge in [0.15, 0.2) is 0 Å². The van der Waals surface area contributed by atoms with Gasteiger partial charge in [-0.3, -0.25) is 24.1 Å². The second kappa shape index (κ2) is 10.2. The van der Waals surface area contributed by atoms with Gasteiger partial charge in [-0.2, -0.15) is 0 Å². The van der Waals surface area contributed by atoms with Gasteiger partial charge in [0, 0.05) is 30.6 Å². The van der Waals surface area contributed by atoms with E-state index in [4.69, 9.17) is 0 Å². The first-order chi connectivity index (χ1) is 16.4. The summed E-state index contributed by atoms with van der Waals surface area (Å²) in [6.07, 6.45) is 3.20. The first kappa shape index (κ1) is 23.7. The monoisotopic (exact) mass is 461 g/mol. The van der Waals surface area contributed by atoms with Crippen molar-refractivity contribution in [1.82, 2.24) is 15.1 Å². The van der Waals surface area contributed by atoms with Gasteiger partial charge in [0.25, 0.3) is 17.7 Å². The first-order valence-electron chi connectivity index (χ1n) is 12.1. The number of amides is 4. The third kappa shape index (κ3) is 4.74. The van der Waals surface area contributed by atoms with Crippen molar-refractivity contribution in [3.8, 4) is 0 Å². The average molecular weight is 462 g/mol. The number of fused-ring (bicyclic) bond motifs is 1. The lowest BCUT2D eigenvalue weighted by Crippen LogP contribution is -2.48. The van der Waals surface area contributed by atoms with E-state index < -0.39 is 0 Å². The molecule has 0 radical (unpaired) electrons. The van der Waals surface area contributed by atoms with Crippen LogP contribution in [-0.4, -0.2) is 52.6 Å². The highest BCUT2D eigenvalue weighted by atomic mass is 16.2. The lowest BCUT2D eigenvalue weighted by atomic mass is 9.98. The van der Waals surface area contributed by atoms with Crippen LogP contribution in [0.5, 0.6) is 0 Å². The number of likely N-dealkylation sites (tertiary alicyclic amines) is 1. The van der Waals surface area contributed by atoms with Crippen LogP contribution in [0.25, 0.3) is 0 Å². The maximum Gasteiger partial charge on any atom is 0.261 e. The van der Waals surface area contributed by atoms with Crippen LogP contribution >= 0.6 is 0 Å². The van der Waals surface area contributed by atoms with Crippen molar-refractivity contribution >= 4 is 23.6 Å². The van der Waals surface area contributed by atoms with Gasteiger partial charge in [-0.05, 0) is 55.5 Å². The Kier molecular flexibility index (Phi) is 7.10. The number of nitrogens with one attached hydrogen (secondary N) is 1. The van der Waals surface area contributed by atoms with Crippen molar-refractivity contribution in [3.63, 3.8) is 0 Å². The molecule has 1 saturated heterocycles. The molecule has 7 nitrogen and oxygen atoms in total. The number of carbonyl (C=O) groups is 4. The van der Waals surface area contributed by atoms with E-state index in [0.717, 1.165) is 31.2 Å². The van der Waals surface area contributed by atoms with Crippen LogP contribution < -0.4 is 5.32 Å². The van der Waals surface area contributed by atoms with Crippen LogP contribution in [0.1, 0.15) is 76.2 Å². The summed E-state index contributed by atoms with van der Waals surface area (Å²) >= 11 is 0. The molecule has 2 aromatic carbocycles. The molecule has 0 bridgehead atoms. The second-order valence-electron chi connectivity index (χ2n) is 9.03. The summed E-state index contributed by atoms with van der Waals surface area (Å²) in [5.41, 5.74) is 2.16. The third-order valence-corrected chi connectivity index (χ3v) is 6.91. The molecule has 7 heteroatoms. The quantitative estimate of drug-likeness (QED) is 0.638. The summed E-state index contributed by atoms with van der Waals surface area (Å²) in [7, 11) is 0. The van der Waals surface area contributed by atoms with Crippen molar-refractivity contribution in [1.29, 1.82) is 0 Å². The van der Waals surface area contributed by atoms with Gasteiger partial charge < -0.3 is 10.2 Å². The predicted molar refractivity (Wildman–Crippen MR) is 128 cm³/mol. The largest absolute Gasteiger partial charge is 0.349 e. The Balaban J connectivity index is 1.30. The Hall–Kier alpha value is -3.48. The molecule has 1 fully saturated rings. The smallest absolute Gasteiger partial charge is 0.261 e. The third-order valence-electron chi connectivity index (χ3n) is 6.91. The molecule has 1 N–H and O–H groups in total. The molecule has 0 unspecified atom stereocenters. The summed E-state index contributed by atoms with van der Waals surface area (Å²) < 4.78 is 0. The molecule has 4 rings (SSSR count). The molecule has 0 aromatic heterocycles. The standard InChI is InChI=1S/C27H31N3O4/c1-3-19(4-2)25(32)29-15-13-21(14-16-29)28-24(31)20-11-9-18(10-12-20)17-30-26(33)22-7-5-6-8-23(22)27(30)34/h5-12,19,21H,3-4,13-17H2,1-2H3,(H,28,31). The minimum Gasteiger partial charge on any atom is -0.349 e. The fourth-order valence-corrected chi connectivity index (χ4v) is 4.74. The Labute approximate surface area is 200 Å². The van der Waals surface area contributed by atoms with Crippen LogP contribution in [0.2, 0.25) is 0 Å². The molecule has 34 heavy (non-hydrogen) atoms. The fourth-order valence-electron chi connectivity index (χ4n) is 4.74. The fraction of sp³-hybridized carbons (Fsp3) is 0.407. The maximum atomic E-state index is 12.7. The van der Waals surface area contributed by atoms with Crippen molar-refractivity contribution in [3.05, 3.63) is 70.8 Å². The van der Waals surface area contributed by atoms with Crippen molar-refractivity contribution < 1.29 is 19.2 Å². The van der Waals surface area contributed by atoms with Gasteiger partial charge >= 0.3 is 0 Å². The molecule has 0 atom stereocenters. The van der Waals surface area contributed by atoms with Gasteiger partial charge in [-0.25, -0.2) is 0 Å². The number of nitrogens with zero attached hydrogens (tertiary/aromatic N) is 2. The highest BCUT2D eigenvalue weighted by Crippen LogP contribution is 2.24. The molecule has 0 saturated carbocycles. The Morgan fingerprint density at radius 1 is 0.912 bits per heavy atom. The lowest BCUT2D eigenvalue weighted by molar-refractivity contribution is -0.136. The molecule has 2 aliphatic heterocycles. The highest BCUT2D eigenvalue weighted by Gasteiger charge is 2.35.